The molecule has 1 unspecified atom stereocenters. The van der Waals surface area contributed by atoms with Gasteiger partial charge in [-0.25, -0.2) is 0 Å². The van der Waals surface area contributed by atoms with Crippen LogP contribution in [0, 0.1) is 5.41 Å². The maximum Gasteiger partial charge on any atom is 0.573 e. The van der Waals surface area contributed by atoms with Gasteiger partial charge in [-0.05, 0) is 42.6 Å². The lowest BCUT2D eigenvalue weighted by atomic mass is 9.80. The van der Waals surface area contributed by atoms with Crippen LogP contribution in [0.1, 0.15) is 20.3 Å². The summed E-state index contributed by atoms with van der Waals surface area (Å²) in [6, 6.07) is 5.63. The lowest BCUT2D eigenvalue weighted by Gasteiger charge is -2.42. The quantitative estimate of drug-likeness (QED) is 0.864. The third-order valence-electron chi connectivity index (χ3n) is 4.12. The van der Waals surface area contributed by atoms with E-state index in [4.69, 9.17) is 10.5 Å². The zero-order valence-electron chi connectivity index (χ0n) is 13.8. The number of halogens is 4. The molecule has 1 aliphatic heterocycles. The largest absolute Gasteiger partial charge is 0.573 e. The van der Waals surface area contributed by atoms with Crippen LogP contribution < -0.4 is 15.2 Å². The second-order valence-corrected chi connectivity index (χ2v) is 6.53. The number of nitrogens with two attached hydrogens (primary N) is 1. The molecule has 0 bridgehead atoms. The first-order valence-corrected chi connectivity index (χ1v) is 7.62. The van der Waals surface area contributed by atoms with Gasteiger partial charge in [-0.3, -0.25) is 4.90 Å². The number of alkyl halides is 3. The van der Waals surface area contributed by atoms with Crippen LogP contribution in [-0.2, 0) is 0 Å². The summed E-state index contributed by atoms with van der Waals surface area (Å²) in [6.07, 6.45) is -3.72. The van der Waals surface area contributed by atoms with Crippen molar-refractivity contribution in [1.29, 1.82) is 0 Å². The zero-order chi connectivity index (χ0) is 17.1. The van der Waals surface area contributed by atoms with Gasteiger partial charge in [0.25, 0.3) is 0 Å². The summed E-state index contributed by atoms with van der Waals surface area (Å²) in [5.41, 5.74) is 6.18. The molecule has 0 aromatic heterocycles. The smallest absolute Gasteiger partial charge is 0.492 e. The third kappa shape index (κ3) is 6.37. The maximum absolute atomic E-state index is 12.1. The molecule has 2 rings (SSSR count). The van der Waals surface area contributed by atoms with Gasteiger partial charge < -0.3 is 15.2 Å². The number of hydrogen-bond donors (Lipinski definition) is 1. The van der Waals surface area contributed by atoms with Crippen molar-refractivity contribution in [2.24, 2.45) is 11.1 Å². The van der Waals surface area contributed by atoms with Crippen molar-refractivity contribution in [3.05, 3.63) is 24.3 Å². The summed E-state index contributed by atoms with van der Waals surface area (Å²) in [6.45, 7) is 7.40. The molecule has 0 radical (unpaired) electrons. The van der Waals surface area contributed by atoms with Crippen LogP contribution in [0.4, 0.5) is 13.2 Å². The van der Waals surface area contributed by atoms with Crippen molar-refractivity contribution in [3.8, 4) is 11.5 Å². The Bertz CT molecular complexity index is 509. The van der Waals surface area contributed by atoms with E-state index in [9.17, 15) is 13.2 Å². The molecule has 1 atom stereocenters. The average molecular weight is 369 g/mol. The molecular formula is C16H24ClF3N2O2. The normalized spacial score (nSPS) is 21.0. The van der Waals surface area contributed by atoms with Crippen molar-refractivity contribution in [1.82, 2.24) is 4.90 Å². The fourth-order valence-electron chi connectivity index (χ4n) is 2.71. The van der Waals surface area contributed by atoms with Crippen LogP contribution in [0.5, 0.6) is 11.5 Å². The summed E-state index contributed by atoms with van der Waals surface area (Å²) in [5, 5.41) is 0. The van der Waals surface area contributed by atoms with Gasteiger partial charge in [0.1, 0.15) is 18.1 Å². The Morgan fingerprint density at radius 1 is 1.21 bits per heavy atom. The van der Waals surface area contributed by atoms with E-state index in [0.717, 1.165) is 26.1 Å². The summed E-state index contributed by atoms with van der Waals surface area (Å²) in [4.78, 5) is 2.30. The number of hydrogen-bond acceptors (Lipinski definition) is 4. The van der Waals surface area contributed by atoms with Gasteiger partial charge in [-0.1, -0.05) is 13.8 Å². The second-order valence-electron chi connectivity index (χ2n) is 6.53. The minimum absolute atomic E-state index is 0. The van der Waals surface area contributed by atoms with Crippen LogP contribution in [0.25, 0.3) is 0 Å². The Kier molecular flexibility index (Phi) is 7.19. The van der Waals surface area contributed by atoms with Crippen molar-refractivity contribution >= 4 is 12.4 Å². The predicted octanol–water partition coefficient (Wildman–Crippen LogP) is 3.45. The summed E-state index contributed by atoms with van der Waals surface area (Å²) < 4.78 is 45.6. The molecule has 1 aliphatic rings. The molecule has 0 saturated carbocycles. The highest BCUT2D eigenvalue weighted by Crippen LogP contribution is 2.28. The fraction of sp³-hybridized carbons (Fsp3) is 0.625. The lowest BCUT2D eigenvalue weighted by molar-refractivity contribution is -0.274. The van der Waals surface area contributed by atoms with Crippen LogP contribution in [-0.4, -0.2) is 43.5 Å². The predicted molar refractivity (Wildman–Crippen MR) is 88.7 cm³/mol. The number of benzene rings is 1. The van der Waals surface area contributed by atoms with E-state index in [1.807, 2.05) is 0 Å². The molecule has 0 amide bonds. The van der Waals surface area contributed by atoms with Crippen molar-refractivity contribution in [2.75, 3.05) is 26.2 Å². The lowest BCUT2D eigenvalue weighted by Crippen LogP contribution is -2.53. The number of rotatable bonds is 5. The van der Waals surface area contributed by atoms with Crippen molar-refractivity contribution in [3.63, 3.8) is 0 Å². The third-order valence-corrected chi connectivity index (χ3v) is 4.12. The zero-order valence-corrected chi connectivity index (χ0v) is 14.6. The first-order valence-electron chi connectivity index (χ1n) is 7.62. The number of likely N-dealkylation sites (tertiary alicyclic amines) is 1. The van der Waals surface area contributed by atoms with Gasteiger partial charge in [-0.2, -0.15) is 0 Å². The molecule has 1 heterocycles. The maximum atomic E-state index is 12.1. The number of piperidine rings is 1. The van der Waals surface area contributed by atoms with Gasteiger partial charge in [0.05, 0.1) is 0 Å². The van der Waals surface area contributed by atoms with E-state index in [2.05, 4.69) is 23.5 Å². The number of nitrogens with zero attached hydrogens (tertiary/aromatic N) is 1. The Morgan fingerprint density at radius 2 is 1.79 bits per heavy atom. The Morgan fingerprint density at radius 3 is 2.33 bits per heavy atom. The van der Waals surface area contributed by atoms with Gasteiger partial charge in [-0.15, -0.1) is 25.6 Å². The summed E-state index contributed by atoms with van der Waals surface area (Å²) in [7, 11) is 0. The summed E-state index contributed by atoms with van der Waals surface area (Å²) in [5.74, 6) is 0.268. The SMILES string of the molecule is CC1(C)CN(CCOc2ccc(OC(F)(F)F)cc2)CCC1N.Cl. The molecule has 1 fully saturated rings. The van der Waals surface area contributed by atoms with Gasteiger partial charge in [0.15, 0.2) is 0 Å². The molecule has 24 heavy (non-hydrogen) atoms. The van der Waals surface area contributed by atoms with Crippen LogP contribution >= 0.6 is 12.4 Å². The van der Waals surface area contributed by atoms with E-state index in [1.165, 1.54) is 24.3 Å². The molecule has 8 heteroatoms. The second kappa shape index (κ2) is 8.27. The van der Waals surface area contributed by atoms with Crippen LogP contribution in [0.2, 0.25) is 0 Å². The van der Waals surface area contributed by atoms with E-state index in [1.54, 1.807) is 0 Å². The highest BCUT2D eigenvalue weighted by Gasteiger charge is 2.33. The van der Waals surface area contributed by atoms with Crippen LogP contribution in [0.3, 0.4) is 0 Å². The highest BCUT2D eigenvalue weighted by atomic mass is 35.5. The van der Waals surface area contributed by atoms with Crippen molar-refractivity contribution in [2.45, 2.75) is 32.7 Å². The summed E-state index contributed by atoms with van der Waals surface area (Å²) >= 11 is 0. The first kappa shape index (κ1) is 20.9. The van der Waals surface area contributed by atoms with E-state index < -0.39 is 6.36 Å². The van der Waals surface area contributed by atoms with Gasteiger partial charge >= 0.3 is 6.36 Å². The van der Waals surface area contributed by atoms with Crippen LogP contribution in [0.15, 0.2) is 24.3 Å². The monoisotopic (exact) mass is 368 g/mol. The highest BCUT2D eigenvalue weighted by molar-refractivity contribution is 5.85. The fourth-order valence-corrected chi connectivity index (χ4v) is 2.71. The number of ether oxygens (including phenoxy) is 2. The minimum Gasteiger partial charge on any atom is -0.492 e. The van der Waals surface area contributed by atoms with E-state index in [-0.39, 0.29) is 29.6 Å². The molecule has 1 saturated heterocycles. The molecule has 1 aromatic carbocycles. The Hall–Kier alpha value is -1.18. The average Bonchev–Trinajstić information content (AvgIpc) is 2.43. The minimum atomic E-state index is -4.68. The topological polar surface area (TPSA) is 47.7 Å². The molecule has 138 valence electrons. The van der Waals surface area contributed by atoms with E-state index in [0.29, 0.717) is 12.4 Å². The van der Waals surface area contributed by atoms with Gasteiger partial charge in [0, 0.05) is 19.1 Å². The molecule has 0 aliphatic carbocycles. The molecule has 1 aromatic rings. The van der Waals surface area contributed by atoms with Gasteiger partial charge in [0.2, 0.25) is 0 Å². The Balaban J connectivity index is 0.00000288. The molecule has 0 spiro atoms. The molecular weight excluding hydrogens is 345 g/mol. The molecule has 2 N–H and O–H groups in total. The standard InChI is InChI=1S/C16H23F3N2O2.ClH/c1-15(2)11-21(8-7-14(15)20)9-10-22-12-3-5-13(6-4-12)23-16(17,18)19;/h3-6,14H,7-11,20H2,1-2H3;1H. The Labute approximate surface area is 146 Å². The van der Waals surface area contributed by atoms with E-state index >= 15 is 0 Å². The van der Waals surface area contributed by atoms with Crippen molar-refractivity contribution < 1.29 is 22.6 Å². The molecule has 4 nitrogen and oxygen atoms in total. The first-order chi connectivity index (χ1) is 10.7.